The minimum Gasteiger partial charge on any atom is -0.354 e. The summed E-state index contributed by atoms with van der Waals surface area (Å²) in [4.78, 5) is 24.9. The second-order valence-electron chi connectivity index (χ2n) is 7.76. The van der Waals surface area contributed by atoms with Crippen molar-refractivity contribution >= 4 is 34.9 Å². The summed E-state index contributed by atoms with van der Waals surface area (Å²) in [6.07, 6.45) is 3.67. The molecule has 0 radical (unpaired) electrons. The molecule has 2 saturated heterocycles. The van der Waals surface area contributed by atoms with Crippen LogP contribution in [0.1, 0.15) is 26.7 Å². The highest BCUT2D eigenvalue weighted by atomic mass is 35.5. The minimum atomic E-state index is 0.0400. The zero-order valence-corrected chi connectivity index (χ0v) is 14.9. The van der Waals surface area contributed by atoms with E-state index in [-0.39, 0.29) is 22.0 Å². The highest BCUT2D eigenvalue weighted by molar-refractivity contribution is 6.33. The first-order valence-corrected chi connectivity index (χ1v) is 8.79. The summed E-state index contributed by atoms with van der Waals surface area (Å²) in [5.41, 5.74) is 0.0800. The fourth-order valence-electron chi connectivity index (χ4n) is 4.11. The summed E-state index contributed by atoms with van der Waals surface area (Å²) in [5, 5.41) is 0.731. The maximum Gasteiger partial charge on any atom is 0.225 e. The average Bonchev–Trinajstić information content (AvgIpc) is 3.23. The van der Waals surface area contributed by atoms with Crippen LogP contribution in [0.15, 0.2) is 6.20 Å². The van der Waals surface area contributed by atoms with Crippen LogP contribution in [-0.2, 0) is 4.79 Å². The van der Waals surface area contributed by atoms with E-state index in [0.717, 1.165) is 39.0 Å². The Morgan fingerprint density at radius 3 is 2.35 bits per heavy atom. The van der Waals surface area contributed by atoms with Crippen LogP contribution < -0.4 is 4.90 Å². The molecular weight excluding hydrogens is 335 g/mol. The van der Waals surface area contributed by atoms with Gasteiger partial charge in [0.25, 0.3) is 0 Å². The summed E-state index contributed by atoms with van der Waals surface area (Å²) >= 11 is 12.2. The van der Waals surface area contributed by atoms with E-state index >= 15 is 0 Å². The van der Waals surface area contributed by atoms with Gasteiger partial charge in [-0.25, -0.2) is 4.98 Å². The van der Waals surface area contributed by atoms with Gasteiger partial charge >= 0.3 is 0 Å². The van der Waals surface area contributed by atoms with Crippen molar-refractivity contribution in [2.75, 3.05) is 31.1 Å². The normalized spacial score (nSPS) is 33.2. The Hall–Kier alpha value is -1.07. The number of halogens is 2. The molecule has 2 aliphatic heterocycles. The van der Waals surface area contributed by atoms with Gasteiger partial charge in [0.1, 0.15) is 5.02 Å². The molecule has 0 unspecified atom stereocenters. The lowest BCUT2D eigenvalue weighted by Crippen LogP contribution is -2.36. The van der Waals surface area contributed by atoms with E-state index in [1.807, 2.05) is 0 Å². The zero-order valence-electron chi connectivity index (χ0n) is 13.4. The second kappa shape index (κ2) is 4.96. The first-order valence-electron chi connectivity index (χ1n) is 8.03. The lowest BCUT2D eigenvalue weighted by Gasteiger charge is -2.29. The van der Waals surface area contributed by atoms with Crippen molar-refractivity contribution in [3.63, 3.8) is 0 Å². The van der Waals surface area contributed by atoms with Crippen molar-refractivity contribution in [3.05, 3.63) is 16.5 Å². The smallest absolute Gasteiger partial charge is 0.225 e. The third-order valence-corrected chi connectivity index (χ3v) is 6.30. The summed E-state index contributed by atoms with van der Waals surface area (Å²) < 4.78 is 0. The standard InChI is InChI=1S/C16H20Cl2N4O/c1-15-6-21(12-11(17)5-19-14(18)20-12)7-16(15,2)9-22(8-15)13(23)10-3-4-10/h5,10H,3-4,6-9H2,1-2H3/t15-,16+. The number of fused-ring (bicyclic) bond motifs is 1. The van der Waals surface area contributed by atoms with Crippen molar-refractivity contribution in [2.45, 2.75) is 26.7 Å². The lowest BCUT2D eigenvalue weighted by molar-refractivity contribution is -0.132. The number of amides is 1. The highest BCUT2D eigenvalue weighted by Gasteiger charge is 2.59. The molecule has 23 heavy (non-hydrogen) atoms. The Morgan fingerprint density at radius 2 is 1.78 bits per heavy atom. The van der Waals surface area contributed by atoms with Crippen LogP contribution in [0.2, 0.25) is 10.3 Å². The van der Waals surface area contributed by atoms with Gasteiger partial charge in [0.15, 0.2) is 5.82 Å². The van der Waals surface area contributed by atoms with Gasteiger partial charge in [0.05, 0.1) is 6.20 Å². The van der Waals surface area contributed by atoms with Crippen molar-refractivity contribution in [1.82, 2.24) is 14.9 Å². The number of carbonyl (C=O) groups is 1. The average molecular weight is 355 g/mol. The monoisotopic (exact) mass is 354 g/mol. The molecule has 1 aromatic rings. The number of carbonyl (C=O) groups excluding carboxylic acids is 1. The van der Waals surface area contributed by atoms with Crippen molar-refractivity contribution in [2.24, 2.45) is 16.7 Å². The van der Waals surface area contributed by atoms with Gasteiger partial charge < -0.3 is 9.80 Å². The molecule has 124 valence electrons. The van der Waals surface area contributed by atoms with Crippen LogP contribution in [0, 0.1) is 16.7 Å². The van der Waals surface area contributed by atoms with Gasteiger partial charge in [-0.15, -0.1) is 0 Å². The molecule has 3 aliphatic rings. The van der Waals surface area contributed by atoms with Crippen LogP contribution in [0.25, 0.3) is 0 Å². The Morgan fingerprint density at radius 1 is 1.17 bits per heavy atom. The van der Waals surface area contributed by atoms with Crippen molar-refractivity contribution in [1.29, 1.82) is 0 Å². The van der Waals surface area contributed by atoms with E-state index in [2.05, 4.69) is 33.6 Å². The van der Waals surface area contributed by atoms with E-state index in [0.29, 0.717) is 16.7 Å². The molecule has 1 saturated carbocycles. The predicted molar refractivity (Wildman–Crippen MR) is 89.8 cm³/mol. The fourth-order valence-corrected chi connectivity index (χ4v) is 4.45. The number of likely N-dealkylation sites (tertiary alicyclic amines) is 1. The molecular formula is C16H20Cl2N4O. The summed E-state index contributed by atoms with van der Waals surface area (Å²) in [5.74, 6) is 1.33. The van der Waals surface area contributed by atoms with E-state index in [1.54, 1.807) is 6.20 Å². The largest absolute Gasteiger partial charge is 0.354 e. The Kier molecular flexibility index (Phi) is 3.34. The van der Waals surface area contributed by atoms with Gasteiger partial charge in [0.2, 0.25) is 11.2 Å². The molecule has 2 atom stereocenters. The second-order valence-corrected chi connectivity index (χ2v) is 8.50. The van der Waals surface area contributed by atoms with Crippen LogP contribution >= 0.6 is 23.2 Å². The zero-order chi connectivity index (χ0) is 16.4. The third kappa shape index (κ3) is 2.40. The van der Waals surface area contributed by atoms with Gasteiger partial charge in [-0.3, -0.25) is 4.79 Å². The quantitative estimate of drug-likeness (QED) is 0.766. The molecule has 1 amide bonds. The van der Waals surface area contributed by atoms with Crippen LogP contribution in [0.4, 0.5) is 5.82 Å². The number of hydrogen-bond acceptors (Lipinski definition) is 4. The van der Waals surface area contributed by atoms with E-state index in [1.165, 1.54) is 0 Å². The number of hydrogen-bond donors (Lipinski definition) is 0. The Labute approximate surface area is 146 Å². The fraction of sp³-hybridized carbons (Fsp3) is 0.688. The van der Waals surface area contributed by atoms with Gasteiger partial charge in [0, 0.05) is 42.9 Å². The van der Waals surface area contributed by atoms with E-state index in [9.17, 15) is 4.79 Å². The molecule has 1 aromatic heterocycles. The SMILES string of the molecule is C[C@@]12CN(C(=O)C3CC3)C[C@]1(C)CN(c1nc(Cl)ncc1Cl)C2. The molecule has 0 aromatic carbocycles. The maximum absolute atomic E-state index is 12.4. The van der Waals surface area contributed by atoms with Gasteiger partial charge in [-0.1, -0.05) is 25.4 Å². The molecule has 1 aliphatic carbocycles. The topological polar surface area (TPSA) is 49.3 Å². The molecule has 5 nitrogen and oxygen atoms in total. The summed E-state index contributed by atoms with van der Waals surface area (Å²) in [6, 6.07) is 0. The minimum absolute atomic E-state index is 0.0400. The number of aromatic nitrogens is 2. The lowest BCUT2D eigenvalue weighted by atomic mass is 9.71. The Balaban J connectivity index is 1.58. The highest BCUT2D eigenvalue weighted by Crippen LogP contribution is 2.53. The van der Waals surface area contributed by atoms with Gasteiger partial charge in [-0.05, 0) is 24.4 Å². The molecule has 3 heterocycles. The first kappa shape index (κ1) is 15.5. The van der Waals surface area contributed by atoms with E-state index < -0.39 is 0 Å². The molecule has 3 fully saturated rings. The van der Waals surface area contributed by atoms with Crippen LogP contribution in [0.3, 0.4) is 0 Å². The van der Waals surface area contributed by atoms with Crippen LogP contribution in [0.5, 0.6) is 0 Å². The van der Waals surface area contributed by atoms with E-state index in [4.69, 9.17) is 23.2 Å². The maximum atomic E-state index is 12.4. The molecule has 4 rings (SSSR count). The van der Waals surface area contributed by atoms with Crippen LogP contribution in [-0.4, -0.2) is 47.0 Å². The first-order chi connectivity index (χ1) is 10.8. The number of anilines is 1. The number of rotatable bonds is 2. The number of nitrogens with zero attached hydrogens (tertiary/aromatic N) is 4. The van der Waals surface area contributed by atoms with Crippen molar-refractivity contribution < 1.29 is 4.79 Å². The van der Waals surface area contributed by atoms with Gasteiger partial charge in [-0.2, -0.15) is 4.98 Å². The molecule has 7 heteroatoms. The summed E-state index contributed by atoms with van der Waals surface area (Å²) in [7, 11) is 0. The molecule has 0 bridgehead atoms. The third-order valence-electron chi connectivity index (χ3n) is 5.85. The van der Waals surface area contributed by atoms with Crippen molar-refractivity contribution in [3.8, 4) is 0 Å². The predicted octanol–water partition coefficient (Wildman–Crippen LogP) is 2.87. The molecule has 0 N–H and O–H groups in total. The Bertz CT molecular complexity index is 660. The molecule has 0 spiro atoms. The summed E-state index contributed by atoms with van der Waals surface area (Å²) in [6.45, 7) is 7.81.